The molecule has 0 aliphatic rings. The van der Waals surface area contributed by atoms with E-state index in [1.54, 1.807) is 26.4 Å². The van der Waals surface area contributed by atoms with Crippen LogP contribution in [0.1, 0.15) is 16.7 Å². The van der Waals surface area contributed by atoms with Crippen LogP contribution in [0.25, 0.3) is 17.7 Å². The molecule has 0 aliphatic carbocycles. The second-order valence-electron chi connectivity index (χ2n) is 5.61. The molecule has 6 heteroatoms. The van der Waals surface area contributed by atoms with Crippen molar-refractivity contribution in [2.45, 2.75) is 0 Å². The van der Waals surface area contributed by atoms with Crippen LogP contribution in [-0.4, -0.2) is 32.4 Å². The van der Waals surface area contributed by atoms with E-state index in [1.165, 1.54) is 13.4 Å². The second-order valence-corrected chi connectivity index (χ2v) is 6.46. The van der Waals surface area contributed by atoms with E-state index in [4.69, 9.17) is 14.2 Å². The molecule has 0 aliphatic heterocycles. The molecule has 2 aromatic rings. The summed E-state index contributed by atoms with van der Waals surface area (Å²) in [5.41, 5.74) is 2.36. The van der Waals surface area contributed by atoms with Gasteiger partial charge in [0.05, 0.1) is 27.6 Å². The third kappa shape index (κ3) is 5.27. The second kappa shape index (κ2) is 10.4. The Morgan fingerprint density at radius 1 is 0.964 bits per heavy atom. The molecule has 0 radical (unpaired) electrons. The minimum absolute atomic E-state index is 0.0920. The van der Waals surface area contributed by atoms with Crippen molar-refractivity contribution >= 4 is 39.6 Å². The van der Waals surface area contributed by atoms with Gasteiger partial charge in [-0.15, -0.1) is 0 Å². The molecule has 1 N–H and O–H groups in total. The molecule has 2 rings (SSSR count). The molecular formula is C22H21BrO5. The molecule has 28 heavy (non-hydrogen) atoms. The van der Waals surface area contributed by atoms with Gasteiger partial charge in [0.25, 0.3) is 0 Å². The van der Waals surface area contributed by atoms with Crippen LogP contribution in [0.15, 0.2) is 59.3 Å². The lowest BCUT2D eigenvalue weighted by atomic mass is 10.00. The summed E-state index contributed by atoms with van der Waals surface area (Å²) in [6.45, 7) is 0. The highest BCUT2D eigenvalue weighted by Gasteiger charge is 2.13. The van der Waals surface area contributed by atoms with Gasteiger partial charge in [0.2, 0.25) is 0 Å². The Morgan fingerprint density at radius 3 is 2.18 bits per heavy atom. The largest absolute Gasteiger partial charge is 0.503 e. The van der Waals surface area contributed by atoms with Crippen LogP contribution in [0.2, 0.25) is 0 Å². The van der Waals surface area contributed by atoms with Crippen molar-refractivity contribution in [2.24, 2.45) is 0 Å². The molecule has 0 fully saturated rings. The molecule has 0 spiro atoms. The van der Waals surface area contributed by atoms with Gasteiger partial charge in [0.15, 0.2) is 11.5 Å². The summed E-state index contributed by atoms with van der Waals surface area (Å²) in [4.78, 5) is 11.5. The molecule has 2 aromatic carbocycles. The van der Waals surface area contributed by atoms with Crippen molar-refractivity contribution in [2.75, 3.05) is 21.3 Å². The number of ether oxygens (including phenoxy) is 3. The maximum absolute atomic E-state index is 11.5. The van der Waals surface area contributed by atoms with E-state index in [0.29, 0.717) is 17.1 Å². The molecule has 0 aromatic heterocycles. The molecule has 0 atom stereocenters. The first-order chi connectivity index (χ1) is 13.5. The smallest absolute Gasteiger partial charge is 0.339 e. The fourth-order valence-corrected chi connectivity index (χ4v) is 3.01. The Kier molecular flexibility index (Phi) is 7.89. The summed E-state index contributed by atoms with van der Waals surface area (Å²) >= 11 is 3.51. The van der Waals surface area contributed by atoms with Crippen molar-refractivity contribution in [3.8, 4) is 11.5 Å². The van der Waals surface area contributed by atoms with Crippen LogP contribution in [0.5, 0.6) is 11.5 Å². The van der Waals surface area contributed by atoms with E-state index in [9.17, 15) is 9.90 Å². The topological polar surface area (TPSA) is 65.0 Å². The highest BCUT2D eigenvalue weighted by atomic mass is 79.9. The predicted octanol–water partition coefficient (Wildman–Crippen LogP) is 5.26. The van der Waals surface area contributed by atoms with Gasteiger partial charge in [-0.05, 0) is 28.8 Å². The number of allylic oxidation sites excluding steroid dienone is 2. The number of benzene rings is 2. The first-order valence-corrected chi connectivity index (χ1v) is 9.13. The summed E-state index contributed by atoms with van der Waals surface area (Å²) in [6, 6.07) is 10.9. The first kappa shape index (κ1) is 21.3. The third-order valence-electron chi connectivity index (χ3n) is 3.88. The van der Waals surface area contributed by atoms with Gasteiger partial charge in [0, 0.05) is 4.47 Å². The summed E-state index contributed by atoms with van der Waals surface area (Å²) in [5, 5.41) is 9.41. The van der Waals surface area contributed by atoms with Crippen molar-refractivity contribution in [3.63, 3.8) is 0 Å². The zero-order valence-electron chi connectivity index (χ0n) is 15.8. The highest BCUT2D eigenvalue weighted by Crippen LogP contribution is 2.33. The van der Waals surface area contributed by atoms with E-state index in [1.807, 2.05) is 48.6 Å². The first-order valence-electron chi connectivity index (χ1n) is 8.33. The van der Waals surface area contributed by atoms with E-state index in [0.717, 1.165) is 15.6 Å². The quantitative estimate of drug-likeness (QED) is 0.341. The van der Waals surface area contributed by atoms with Crippen LogP contribution in [0, 0.1) is 0 Å². The standard InChI is InChI=1S/C22H21BrO5/c1-26-14-18(22(24)25)17-11-7-6-9-15(17)8-4-5-10-16-12-20(27-2)21(28-3)13-19(16)23/h4-14H,1-3H3,(H,24,25)/b8-4+,10-5+,18-14+. The van der Waals surface area contributed by atoms with Gasteiger partial charge in [-0.2, -0.15) is 0 Å². The minimum Gasteiger partial charge on any atom is -0.503 e. The fraction of sp³-hybridized carbons (Fsp3) is 0.136. The van der Waals surface area contributed by atoms with Gasteiger partial charge >= 0.3 is 5.97 Å². The molecule has 5 nitrogen and oxygen atoms in total. The molecule has 0 heterocycles. The van der Waals surface area contributed by atoms with Crippen molar-refractivity contribution in [1.29, 1.82) is 0 Å². The predicted molar refractivity (Wildman–Crippen MR) is 114 cm³/mol. The zero-order chi connectivity index (χ0) is 20.5. The van der Waals surface area contributed by atoms with E-state index < -0.39 is 5.97 Å². The number of aliphatic carboxylic acids is 1. The van der Waals surface area contributed by atoms with E-state index >= 15 is 0 Å². The normalized spacial score (nSPS) is 11.8. The average molecular weight is 445 g/mol. The summed E-state index contributed by atoms with van der Waals surface area (Å²) in [6.07, 6.45) is 8.68. The maximum Gasteiger partial charge on any atom is 0.339 e. The molecule has 0 saturated heterocycles. The number of carboxylic acids is 1. The van der Waals surface area contributed by atoms with Gasteiger partial charge in [-0.25, -0.2) is 4.79 Å². The lowest BCUT2D eigenvalue weighted by Gasteiger charge is -2.09. The number of hydrogen-bond acceptors (Lipinski definition) is 4. The SMILES string of the molecule is CO/C=C(/C(=O)O)c1ccccc1/C=C/C=C/c1cc(OC)c(OC)cc1Br. The minimum atomic E-state index is -1.05. The molecule has 0 amide bonds. The van der Waals surface area contributed by atoms with Crippen LogP contribution in [0.4, 0.5) is 0 Å². The van der Waals surface area contributed by atoms with Gasteiger partial charge in [-0.3, -0.25) is 0 Å². The van der Waals surface area contributed by atoms with Gasteiger partial charge < -0.3 is 19.3 Å². The summed E-state index contributed by atoms with van der Waals surface area (Å²) in [7, 11) is 4.60. The number of methoxy groups -OCH3 is 3. The lowest BCUT2D eigenvalue weighted by Crippen LogP contribution is -2.02. The van der Waals surface area contributed by atoms with Crippen molar-refractivity contribution < 1.29 is 24.1 Å². The van der Waals surface area contributed by atoms with Crippen molar-refractivity contribution in [1.82, 2.24) is 0 Å². The summed E-state index contributed by atoms with van der Waals surface area (Å²) in [5.74, 6) is 0.227. The zero-order valence-corrected chi connectivity index (χ0v) is 17.4. The Bertz CT molecular complexity index is 929. The number of rotatable bonds is 8. The molecule has 0 unspecified atom stereocenters. The number of hydrogen-bond donors (Lipinski definition) is 1. The van der Waals surface area contributed by atoms with E-state index in [-0.39, 0.29) is 5.57 Å². The van der Waals surface area contributed by atoms with Crippen LogP contribution in [0.3, 0.4) is 0 Å². The van der Waals surface area contributed by atoms with Crippen LogP contribution >= 0.6 is 15.9 Å². The molecular weight excluding hydrogens is 424 g/mol. The van der Waals surface area contributed by atoms with Gasteiger partial charge in [0.1, 0.15) is 5.57 Å². The third-order valence-corrected chi connectivity index (χ3v) is 4.57. The fourth-order valence-electron chi connectivity index (χ4n) is 2.55. The summed E-state index contributed by atoms with van der Waals surface area (Å²) < 4.78 is 16.4. The Labute approximate surface area is 172 Å². The van der Waals surface area contributed by atoms with Crippen LogP contribution < -0.4 is 9.47 Å². The van der Waals surface area contributed by atoms with Crippen molar-refractivity contribution in [3.05, 3.63) is 76.0 Å². The van der Waals surface area contributed by atoms with E-state index in [2.05, 4.69) is 15.9 Å². The average Bonchev–Trinajstić information content (AvgIpc) is 2.70. The Hall–Kier alpha value is -2.99. The van der Waals surface area contributed by atoms with Crippen LogP contribution in [-0.2, 0) is 9.53 Å². The number of halogens is 1. The molecule has 146 valence electrons. The Balaban J connectivity index is 2.29. The monoisotopic (exact) mass is 444 g/mol. The number of carboxylic acid groups (broad SMARTS) is 1. The lowest BCUT2D eigenvalue weighted by molar-refractivity contribution is -0.130. The molecule has 0 saturated carbocycles. The number of carbonyl (C=O) groups is 1. The maximum atomic E-state index is 11.5. The molecule has 0 bridgehead atoms. The van der Waals surface area contributed by atoms with Gasteiger partial charge in [-0.1, -0.05) is 64.5 Å². The Morgan fingerprint density at radius 2 is 1.57 bits per heavy atom. The highest BCUT2D eigenvalue weighted by molar-refractivity contribution is 9.10.